The number of hydrogen-bond donors (Lipinski definition) is 2. The molecule has 100 valence electrons. The first-order chi connectivity index (χ1) is 9.29. The van der Waals surface area contributed by atoms with Gasteiger partial charge in [-0.3, -0.25) is 4.98 Å². The monoisotopic (exact) mass is 322 g/mol. The summed E-state index contributed by atoms with van der Waals surface area (Å²) >= 11 is 3.62. The summed E-state index contributed by atoms with van der Waals surface area (Å²) in [6.45, 7) is 1.94. The third kappa shape index (κ3) is 2.37. The molecule has 0 bridgehead atoms. The molecule has 3 heterocycles. The van der Waals surface area contributed by atoms with E-state index in [0.717, 1.165) is 41.1 Å². The van der Waals surface area contributed by atoms with Crippen molar-refractivity contribution in [2.75, 3.05) is 18.5 Å². The lowest BCUT2D eigenvalue weighted by Crippen LogP contribution is -2.28. The zero-order chi connectivity index (χ0) is 13.2. The van der Waals surface area contributed by atoms with E-state index < -0.39 is 0 Å². The molecule has 2 N–H and O–H groups in total. The first-order valence-electron chi connectivity index (χ1n) is 6.31. The zero-order valence-corrected chi connectivity index (χ0v) is 12.0. The Hall–Kier alpha value is -1.40. The van der Waals surface area contributed by atoms with Crippen LogP contribution in [0.25, 0.3) is 11.3 Å². The van der Waals surface area contributed by atoms with Gasteiger partial charge in [-0.2, -0.15) is 5.10 Å². The maximum atomic E-state index is 9.03. The molecule has 0 fully saturated rings. The number of hydrogen-bond acceptors (Lipinski definition) is 4. The number of nitrogens with one attached hydrogen (secondary N) is 1. The summed E-state index contributed by atoms with van der Waals surface area (Å²) in [6.07, 6.45) is 4.33. The van der Waals surface area contributed by atoms with Gasteiger partial charge in [0.2, 0.25) is 0 Å². The van der Waals surface area contributed by atoms with Gasteiger partial charge in [0, 0.05) is 37.7 Å². The highest BCUT2D eigenvalue weighted by molar-refractivity contribution is 9.10. The minimum atomic E-state index is 0.224. The van der Waals surface area contributed by atoms with Gasteiger partial charge in [0.05, 0.1) is 4.47 Å². The molecule has 3 rings (SSSR count). The van der Waals surface area contributed by atoms with Crippen molar-refractivity contribution in [1.82, 2.24) is 14.8 Å². The summed E-state index contributed by atoms with van der Waals surface area (Å²) in [4.78, 5) is 4.03. The van der Waals surface area contributed by atoms with E-state index in [1.54, 1.807) is 12.4 Å². The van der Waals surface area contributed by atoms with Gasteiger partial charge in [0.25, 0.3) is 0 Å². The Morgan fingerprint density at radius 3 is 2.95 bits per heavy atom. The van der Waals surface area contributed by atoms with Gasteiger partial charge in [0.15, 0.2) is 0 Å². The first-order valence-corrected chi connectivity index (χ1v) is 7.10. The van der Waals surface area contributed by atoms with Crippen LogP contribution in [0.5, 0.6) is 0 Å². The number of pyridine rings is 1. The van der Waals surface area contributed by atoms with Crippen molar-refractivity contribution in [3.8, 4) is 11.3 Å². The topological polar surface area (TPSA) is 63.0 Å². The average Bonchev–Trinajstić information content (AvgIpc) is 2.77. The van der Waals surface area contributed by atoms with Crippen LogP contribution in [0.15, 0.2) is 29.0 Å². The molecule has 0 amide bonds. The maximum Gasteiger partial charge on any atom is 0.139 e. The molecule has 1 aliphatic rings. The van der Waals surface area contributed by atoms with Crippen molar-refractivity contribution in [1.29, 1.82) is 0 Å². The van der Waals surface area contributed by atoms with Crippen molar-refractivity contribution >= 4 is 21.7 Å². The predicted molar refractivity (Wildman–Crippen MR) is 76.8 cm³/mol. The molecule has 1 atom stereocenters. The second kappa shape index (κ2) is 5.30. The number of aliphatic hydroxyl groups excluding tert-OH is 1. The van der Waals surface area contributed by atoms with Crippen molar-refractivity contribution in [2.45, 2.75) is 13.0 Å². The smallest absolute Gasteiger partial charge is 0.139 e. The summed E-state index contributed by atoms with van der Waals surface area (Å²) in [5.74, 6) is 1.44. The molecule has 0 spiro atoms. The number of aliphatic hydroxyl groups is 1. The van der Waals surface area contributed by atoms with Crippen LogP contribution in [-0.4, -0.2) is 33.0 Å². The van der Waals surface area contributed by atoms with Gasteiger partial charge in [-0.1, -0.05) is 0 Å². The molecule has 1 unspecified atom stereocenters. The molecule has 0 aliphatic carbocycles. The van der Waals surface area contributed by atoms with Gasteiger partial charge in [-0.15, -0.1) is 0 Å². The Balaban J connectivity index is 1.94. The molecule has 0 aromatic carbocycles. The van der Waals surface area contributed by atoms with Gasteiger partial charge in [-0.25, -0.2) is 4.68 Å². The van der Waals surface area contributed by atoms with Gasteiger partial charge in [0.1, 0.15) is 11.5 Å². The molecule has 1 aliphatic heterocycles. The van der Waals surface area contributed by atoms with Crippen LogP contribution in [0.4, 0.5) is 5.82 Å². The molecule has 0 radical (unpaired) electrons. The molecular weight excluding hydrogens is 308 g/mol. The molecule has 6 heteroatoms. The molecule has 2 aromatic rings. The summed E-state index contributed by atoms with van der Waals surface area (Å²) in [5, 5.41) is 17.1. The SMILES string of the molecule is OCCC1CNc2c(Br)c(-c3ccncc3)nn2C1. The van der Waals surface area contributed by atoms with E-state index in [9.17, 15) is 0 Å². The predicted octanol–water partition coefficient (Wildman–Crippen LogP) is 2.13. The van der Waals surface area contributed by atoms with Gasteiger partial charge >= 0.3 is 0 Å². The lowest BCUT2D eigenvalue weighted by Gasteiger charge is -2.24. The second-order valence-electron chi connectivity index (χ2n) is 4.69. The molecule has 0 saturated carbocycles. The van der Waals surface area contributed by atoms with Crippen LogP contribution < -0.4 is 5.32 Å². The molecular formula is C13H15BrN4O. The highest BCUT2D eigenvalue weighted by Gasteiger charge is 2.24. The first kappa shape index (κ1) is 12.6. The minimum Gasteiger partial charge on any atom is -0.396 e. The fraction of sp³-hybridized carbons (Fsp3) is 0.385. The summed E-state index contributed by atoms with van der Waals surface area (Å²) in [7, 11) is 0. The Morgan fingerprint density at radius 2 is 2.21 bits per heavy atom. The van der Waals surface area contributed by atoms with E-state index in [0.29, 0.717) is 5.92 Å². The zero-order valence-electron chi connectivity index (χ0n) is 10.4. The third-order valence-electron chi connectivity index (χ3n) is 3.38. The second-order valence-corrected chi connectivity index (χ2v) is 5.48. The lowest BCUT2D eigenvalue weighted by atomic mass is 10.1. The Labute approximate surface area is 119 Å². The van der Waals surface area contributed by atoms with Crippen molar-refractivity contribution in [3.05, 3.63) is 29.0 Å². The van der Waals surface area contributed by atoms with E-state index in [2.05, 4.69) is 31.3 Å². The van der Waals surface area contributed by atoms with Crippen molar-refractivity contribution in [3.63, 3.8) is 0 Å². The van der Waals surface area contributed by atoms with Crippen LogP contribution in [0.1, 0.15) is 6.42 Å². The third-order valence-corrected chi connectivity index (χ3v) is 4.13. The van der Waals surface area contributed by atoms with Crippen LogP contribution in [0.3, 0.4) is 0 Å². The molecule has 19 heavy (non-hydrogen) atoms. The Kier molecular flexibility index (Phi) is 3.52. The van der Waals surface area contributed by atoms with Gasteiger partial charge in [-0.05, 0) is 40.4 Å². The number of rotatable bonds is 3. The minimum absolute atomic E-state index is 0.224. The normalized spacial score (nSPS) is 17.9. The fourth-order valence-corrected chi connectivity index (χ4v) is 3.01. The average molecular weight is 323 g/mol. The Bertz CT molecular complexity index is 570. The van der Waals surface area contributed by atoms with E-state index in [1.165, 1.54) is 0 Å². The van der Waals surface area contributed by atoms with E-state index in [1.807, 2.05) is 16.8 Å². The van der Waals surface area contributed by atoms with Crippen LogP contribution in [-0.2, 0) is 6.54 Å². The van der Waals surface area contributed by atoms with Crippen LogP contribution >= 0.6 is 15.9 Å². The van der Waals surface area contributed by atoms with E-state index >= 15 is 0 Å². The van der Waals surface area contributed by atoms with E-state index in [-0.39, 0.29) is 6.61 Å². The number of nitrogens with zero attached hydrogens (tertiary/aromatic N) is 3. The molecule has 5 nitrogen and oxygen atoms in total. The maximum absolute atomic E-state index is 9.03. The van der Waals surface area contributed by atoms with Crippen molar-refractivity contribution < 1.29 is 5.11 Å². The molecule has 2 aromatic heterocycles. The Morgan fingerprint density at radius 1 is 1.42 bits per heavy atom. The van der Waals surface area contributed by atoms with Crippen LogP contribution in [0.2, 0.25) is 0 Å². The molecule has 0 saturated heterocycles. The summed E-state index contributed by atoms with van der Waals surface area (Å²) in [5.41, 5.74) is 1.97. The van der Waals surface area contributed by atoms with Crippen LogP contribution in [0, 0.1) is 5.92 Å². The largest absolute Gasteiger partial charge is 0.396 e. The fourth-order valence-electron chi connectivity index (χ4n) is 2.36. The number of halogens is 1. The summed E-state index contributed by atoms with van der Waals surface area (Å²) < 4.78 is 2.96. The standard InChI is InChI=1S/C13H15BrN4O/c14-11-12(10-1-4-15-5-2-10)17-18-8-9(3-6-19)7-16-13(11)18/h1-2,4-5,9,16,19H,3,6-8H2. The lowest BCUT2D eigenvalue weighted by molar-refractivity contribution is 0.244. The number of fused-ring (bicyclic) bond motifs is 1. The number of anilines is 1. The highest BCUT2D eigenvalue weighted by Crippen LogP contribution is 2.35. The quantitative estimate of drug-likeness (QED) is 0.908. The van der Waals surface area contributed by atoms with Crippen molar-refractivity contribution in [2.24, 2.45) is 5.92 Å². The van der Waals surface area contributed by atoms with E-state index in [4.69, 9.17) is 5.11 Å². The number of aromatic nitrogens is 3. The highest BCUT2D eigenvalue weighted by atomic mass is 79.9. The summed E-state index contributed by atoms with van der Waals surface area (Å²) in [6, 6.07) is 3.90. The van der Waals surface area contributed by atoms with Gasteiger partial charge < -0.3 is 10.4 Å².